The molecule has 0 saturated carbocycles. The first-order valence-corrected chi connectivity index (χ1v) is 4.42. The Hall–Kier alpha value is -2.04. The number of imidazole rings is 1. The van der Waals surface area contributed by atoms with E-state index in [9.17, 15) is 4.39 Å². The minimum Gasteiger partial charge on any atom is -0.487 e. The number of aromatic amines is 1. The van der Waals surface area contributed by atoms with Gasteiger partial charge in [-0.05, 0) is 24.3 Å². The Morgan fingerprint density at radius 1 is 1.33 bits per heavy atom. The molecule has 1 aromatic heterocycles. The van der Waals surface area contributed by atoms with Crippen LogP contribution in [0.1, 0.15) is 5.69 Å². The van der Waals surface area contributed by atoms with E-state index in [2.05, 4.69) is 9.97 Å². The van der Waals surface area contributed by atoms with Crippen LogP contribution in [0.4, 0.5) is 10.2 Å². The summed E-state index contributed by atoms with van der Waals surface area (Å²) in [6.45, 7) is 0.289. The van der Waals surface area contributed by atoms with Crippen LogP contribution in [-0.2, 0) is 6.61 Å². The third kappa shape index (κ3) is 2.25. The van der Waals surface area contributed by atoms with E-state index >= 15 is 0 Å². The SMILES string of the molecule is Nc1nc[nH]c1COc1ccc(F)cc1. The Morgan fingerprint density at radius 3 is 2.67 bits per heavy atom. The summed E-state index contributed by atoms with van der Waals surface area (Å²) in [5, 5.41) is 0. The van der Waals surface area contributed by atoms with Gasteiger partial charge in [0.15, 0.2) is 0 Å². The van der Waals surface area contributed by atoms with Gasteiger partial charge in [-0.1, -0.05) is 0 Å². The van der Waals surface area contributed by atoms with Crippen molar-refractivity contribution >= 4 is 5.82 Å². The summed E-state index contributed by atoms with van der Waals surface area (Å²) in [4.78, 5) is 6.68. The number of benzene rings is 1. The van der Waals surface area contributed by atoms with E-state index in [1.807, 2.05) is 0 Å². The summed E-state index contributed by atoms with van der Waals surface area (Å²) in [7, 11) is 0. The number of H-pyrrole nitrogens is 1. The van der Waals surface area contributed by atoms with E-state index in [-0.39, 0.29) is 12.4 Å². The first-order valence-electron chi connectivity index (χ1n) is 4.42. The van der Waals surface area contributed by atoms with Gasteiger partial charge in [0.05, 0.1) is 12.0 Å². The lowest BCUT2D eigenvalue weighted by atomic mass is 10.3. The second-order valence-corrected chi connectivity index (χ2v) is 3.01. The molecule has 1 aromatic carbocycles. The molecule has 5 heteroatoms. The standard InChI is InChI=1S/C10H10FN3O/c11-7-1-3-8(4-2-7)15-5-9-10(12)14-6-13-9/h1-4,6H,5,12H2,(H,13,14). The molecule has 0 radical (unpaired) electrons. The van der Waals surface area contributed by atoms with Crippen molar-refractivity contribution in [3.05, 3.63) is 42.1 Å². The van der Waals surface area contributed by atoms with Gasteiger partial charge in [0.2, 0.25) is 0 Å². The number of nitrogens with one attached hydrogen (secondary N) is 1. The molecule has 0 unspecified atom stereocenters. The van der Waals surface area contributed by atoms with Gasteiger partial charge in [0, 0.05) is 0 Å². The highest BCUT2D eigenvalue weighted by Crippen LogP contribution is 2.14. The fraction of sp³-hybridized carbons (Fsp3) is 0.100. The maximum atomic E-state index is 12.6. The number of nitrogens with two attached hydrogens (primary N) is 1. The van der Waals surface area contributed by atoms with Gasteiger partial charge in [-0.25, -0.2) is 9.37 Å². The number of rotatable bonds is 3. The fourth-order valence-corrected chi connectivity index (χ4v) is 1.13. The molecule has 3 N–H and O–H groups in total. The van der Waals surface area contributed by atoms with Gasteiger partial charge in [0.1, 0.15) is 24.0 Å². The summed E-state index contributed by atoms with van der Waals surface area (Å²) in [5.74, 6) is 0.714. The molecule has 0 aliphatic carbocycles. The van der Waals surface area contributed by atoms with E-state index in [1.165, 1.54) is 18.5 Å². The Bertz CT molecular complexity index is 438. The zero-order valence-corrected chi connectivity index (χ0v) is 7.90. The predicted octanol–water partition coefficient (Wildman–Crippen LogP) is 1.71. The van der Waals surface area contributed by atoms with Crippen LogP contribution < -0.4 is 10.5 Å². The maximum Gasteiger partial charge on any atom is 0.148 e. The highest BCUT2D eigenvalue weighted by Gasteiger charge is 2.02. The third-order valence-electron chi connectivity index (χ3n) is 1.95. The number of anilines is 1. The summed E-state index contributed by atoms with van der Waals surface area (Å²) >= 11 is 0. The van der Waals surface area contributed by atoms with Crippen LogP contribution in [-0.4, -0.2) is 9.97 Å². The molecule has 0 atom stereocenters. The molecule has 0 amide bonds. The summed E-state index contributed by atoms with van der Waals surface area (Å²) in [5.41, 5.74) is 6.25. The van der Waals surface area contributed by atoms with Gasteiger partial charge >= 0.3 is 0 Å². The summed E-state index contributed by atoms with van der Waals surface area (Å²) in [6, 6.07) is 5.79. The number of hydrogen-bond acceptors (Lipinski definition) is 3. The first-order chi connectivity index (χ1) is 7.25. The van der Waals surface area contributed by atoms with Crippen molar-refractivity contribution in [3.63, 3.8) is 0 Å². The van der Waals surface area contributed by atoms with Crippen molar-refractivity contribution in [2.45, 2.75) is 6.61 Å². The maximum absolute atomic E-state index is 12.6. The zero-order valence-electron chi connectivity index (χ0n) is 7.90. The molecule has 0 fully saturated rings. The van der Waals surface area contributed by atoms with Gasteiger partial charge < -0.3 is 15.5 Å². The van der Waals surface area contributed by atoms with Crippen molar-refractivity contribution < 1.29 is 9.13 Å². The average Bonchev–Trinajstić information content (AvgIpc) is 2.63. The summed E-state index contributed by atoms with van der Waals surface area (Å²) in [6.07, 6.45) is 1.50. The molecule has 1 heterocycles. The van der Waals surface area contributed by atoms with E-state index in [0.717, 1.165) is 0 Å². The molecule has 4 nitrogen and oxygen atoms in total. The van der Waals surface area contributed by atoms with Crippen LogP contribution in [0.5, 0.6) is 5.75 Å². The van der Waals surface area contributed by atoms with Crippen LogP contribution in [0.3, 0.4) is 0 Å². The summed E-state index contributed by atoms with van der Waals surface area (Å²) < 4.78 is 17.9. The van der Waals surface area contributed by atoms with Gasteiger partial charge in [-0.2, -0.15) is 0 Å². The first kappa shape index (κ1) is 9.51. The molecule has 0 saturated heterocycles. The largest absolute Gasteiger partial charge is 0.487 e. The molecular formula is C10H10FN3O. The second kappa shape index (κ2) is 4.00. The smallest absolute Gasteiger partial charge is 0.148 e. The second-order valence-electron chi connectivity index (χ2n) is 3.01. The van der Waals surface area contributed by atoms with Crippen LogP contribution in [0.2, 0.25) is 0 Å². The average molecular weight is 207 g/mol. The van der Waals surface area contributed by atoms with Gasteiger partial charge in [0.25, 0.3) is 0 Å². The number of hydrogen-bond donors (Lipinski definition) is 2. The van der Waals surface area contributed by atoms with Crippen molar-refractivity contribution in [1.82, 2.24) is 9.97 Å². The molecular weight excluding hydrogens is 197 g/mol. The molecule has 2 rings (SSSR count). The quantitative estimate of drug-likeness (QED) is 0.805. The van der Waals surface area contributed by atoms with Gasteiger partial charge in [-0.3, -0.25) is 0 Å². The zero-order chi connectivity index (χ0) is 10.7. The fourth-order valence-electron chi connectivity index (χ4n) is 1.13. The van der Waals surface area contributed by atoms with Crippen molar-refractivity contribution in [3.8, 4) is 5.75 Å². The minimum atomic E-state index is -0.289. The number of halogens is 1. The molecule has 0 spiro atoms. The lowest BCUT2D eigenvalue weighted by molar-refractivity contribution is 0.302. The number of nitrogen functional groups attached to an aromatic ring is 1. The number of nitrogens with zero attached hydrogens (tertiary/aromatic N) is 1. The van der Waals surface area contributed by atoms with Gasteiger partial charge in [-0.15, -0.1) is 0 Å². The lowest BCUT2D eigenvalue weighted by Crippen LogP contribution is -1.99. The molecule has 15 heavy (non-hydrogen) atoms. The Morgan fingerprint density at radius 2 is 2.07 bits per heavy atom. The number of ether oxygens (including phenoxy) is 1. The van der Waals surface area contributed by atoms with E-state index in [4.69, 9.17) is 10.5 Å². The van der Waals surface area contributed by atoms with Crippen LogP contribution >= 0.6 is 0 Å². The monoisotopic (exact) mass is 207 g/mol. The minimum absolute atomic E-state index is 0.289. The predicted molar refractivity (Wildman–Crippen MR) is 53.7 cm³/mol. The lowest BCUT2D eigenvalue weighted by Gasteiger charge is -2.04. The Labute approximate surface area is 85.9 Å². The highest BCUT2D eigenvalue weighted by molar-refractivity contribution is 5.33. The molecule has 0 aliphatic heterocycles. The van der Waals surface area contributed by atoms with E-state index in [1.54, 1.807) is 12.1 Å². The Kier molecular flexibility index (Phi) is 2.53. The van der Waals surface area contributed by atoms with Crippen LogP contribution in [0.15, 0.2) is 30.6 Å². The Balaban J connectivity index is 1.99. The molecule has 0 bridgehead atoms. The number of aromatic nitrogens is 2. The molecule has 78 valence electrons. The molecule has 0 aliphatic rings. The topological polar surface area (TPSA) is 63.9 Å². The van der Waals surface area contributed by atoms with E-state index < -0.39 is 0 Å². The normalized spacial score (nSPS) is 10.2. The van der Waals surface area contributed by atoms with Crippen molar-refractivity contribution in [1.29, 1.82) is 0 Å². The molecule has 2 aromatic rings. The third-order valence-corrected chi connectivity index (χ3v) is 1.95. The highest BCUT2D eigenvalue weighted by atomic mass is 19.1. The van der Waals surface area contributed by atoms with Crippen LogP contribution in [0, 0.1) is 5.82 Å². The van der Waals surface area contributed by atoms with Crippen molar-refractivity contribution in [2.75, 3.05) is 5.73 Å². The van der Waals surface area contributed by atoms with Crippen molar-refractivity contribution in [2.24, 2.45) is 0 Å². The van der Waals surface area contributed by atoms with E-state index in [0.29, 0.717) is 17.3 Å². The van der Waals surface area contributed by atoms with Crippen LogP contribution in [0.25, 0.3) is 0 Å².